The summed E-state index contributed by atoms with van der Waals surface area (Å²) in [5, 5.41) is 20.5. The lowest BCUT2D eigenvalue weighted by molar-refractivity contribution is -0.0715. The number of para-hydroxylation sites is 1. The zero-order valence-corrected chi connectivity index (χ0v) is 27.6. The third-order valence-electron chi connectivity index (χ3n) is 8.85. The van der Waals surface area contributed by atoms with Crippen LogP contribution in [0.4, 0.5) is 18.9 Å². The molecule has 0 radical (unpaired) electrons. The topological polar surface area (TPSA) is 127 Å². The summed E-state index contributed by atoms with van der Waals surface area (Å²) in [4.78, 5) is 21.9. The van der Waals surface area contributed by atoms with E-state index in [0.717, 1.165) is 6.07 Å². The highest BCUT2D eigenvalue weighted by molar-refractivity contribution is 6.30. The minimum absolute atomic E-state index is 0.0905. The summed E-state index contributed by atoms with van der Waals surface area (Å²) < 4.78 is 59.8. The molecule has 0 aliphatic carbocycles. The molecule has 0 bridgehead atoms. The summed E-state index contributed by atoms with van der Waals surface area (Å²) in [7, 11) is 0. The molecule has 1 atom stereocenters. The number of carbonyl (C=O) groups is 1. The van der Waals surface area contributed by atoms with Gasteiger partial charge in [-0.1, -0.05) is 23.7 Å². The monoisotopic (exact) mass is 710 g/mol. The number of fused-ring (bicyclic) bond motifs is 3. The van der Waals surface area contributed by atoms with E-state index in [2.05, 4.69) is 25.5 Å². The maximum absolute atomic E-state index is 15.8. The van der Waals surface area contributed by atoms with Crippen molar-refractivity contribution in [3.05, 3.63) is 130 Å². The summed E-state index contributed by atoms with van der Waals surface area (Å²) in [5.74, 6) is -3.28. The molecular weight excluding hydrogens is 685 g/mol. The molecule has 256 valence electrons. The lowest BCUT2D eigenvalue weighted by Crippen LogP contribution is -2.32. The van der Waals surface area contributed by atoms with E-state index in [1.807, 2.05) is 0 Å². The van der Waals surface area contributed by atoms with Gasteiger partial charge >= 0.3 is 0 Å². The molecule has 0 saturated heterocycles. The zero-order valence-electron chi connectivity index (χ0n) is 26.9. The van der Waals surface area contributed by atoms with Gasteiger partial charge < -0.3 is 24.5 Å². The molecule has 1 aliphatic heterocycles. The van der Waals surface area contributed by atoms with Gasteiger partial charge in [-0.2, -0.15) is 5.10 Å². The van der Waals surface area contributed by atoms with Crippen LogP contribution in [0.2, 0.25) is 5.02 Å². The van der Waals surface area contributed by atoms with Gasteiger partial charge in [0.1, 0.15) is 35.4 Å². The van der Waals surface area contributed by atoms with Crippen LogP contribution in [0, 0.1) is 24.4 Å². The average Bonchev–Trinajstić information content (AvgIpc) is 3.78. The fourth-order valence-corrected chi connectivity index (χ4v) is 6.38. The minimum atomic E-state index is -1.29. The molecule has 0 unspecified atom stereocenters. The molecule has 0 saturated carbocycles. The number of aliphatic hydroxyl groups excluding tert-OH is 1. The quantitative estimate of drug-likeness (QED) is 0.154. The van der Waals surface area contributed by atoms with Gasteiger partial charge in [-0.05, 0) is 73.2 Å². The van der Waals surface area contributed by atoms with Crippen LogP contribution in [0.5, 0.6) is 11.5 Å². The van der Waals surface area contributed by atoms with Crippen molar-refractivity contribution in [2.45, 2.75) is 32.8 Å². The number of ether oxygens (including phenoxy) is 2. The SMILES string of the molecule is Cc1[nH]nc2c(F)cc(C(=O)Nc3ccc4c(c3)nc(Cc3c(F)cc(-c5cccc6c5O[C@](C)(c5ccc(Cl)cn5)O6)cc3F)n4CO)cc12. The number of aromatic nitrogens is 5. The number of rotatable bonds is 7. The molecule has 0 spiro atoms. The van der Waals surface area contributed by atoms with Crippen LogP contribution in [-0.4, -0.2) is 35.7 Å². The molecule has 1 aliphatic rings. The Morgan fingerprint density at radius 1 is 1.02 bits per heavy atom. The van der Waals surface area contributed by atoms with Gasteiger partial charge in [-0.25, -0.2) is 18.2 Å². The van der Waals surface area contributed by atoms with E-state index < -0.39 is 35.9 Å². The predicted octanol–water partition coefficient (Wildman–Crippen LogP) is 7.79. The van der Waals surface area contributed by atoms with Crippen molar-refractivity contribution in [1.82, 2.24) is 24.7 Å². The highest BCUT2D eigenvalue weighted by Gasteiger charge is 2.41. The molecule has 7 aromatic rings. The summed E-state index contributed by atoms with van der Waals surface area (Å²) in [6.07, 6.45) is 1.18. The number of hydrogen-bond acceptors (Lipinski definition) is 7. The number of amides is 1. The van der Waals surface area contributed by atoms with Crippen molar-refractivity contribution in [3.8, 4) is 22.6 Å². The average molecular weight is 711 g/mol. The molecule has 4 aromatic carbocycles. The van der Waals surface area contributed by atoms with E-state index in [1.165, 1.54) is 22.9 Å². The summed E-state index contributed by atoms with van der Waals surface area (Å²) in [6, 6.07) is 18.2. The smallest absolute Gasteiger partial charge is 0.292 e. The van der Waals surface area contributed by atoms with Crippen molar-refractivity contribution in [1.29, 1.82) is 0 Å². The molecule has 51 heavy (non-hydrogen) atoms. The van der Waals surface area contributed by atoms with Crippen LogP contribution in [-0.2, 0) is 18.9 Å². The molecular formula is C37H26ClF3N6O4. The van der Waals surface area contributed by atoms with Gasteiger partial charge in [-0.15, -0.1) is 0 Å². The van der Waals surface area contributed by atoms with Gasteiger partial charge in [0.2, 0.25) is 0 Å². The number of H-pyrrole nitrogens is 1. The lowest BCUT2D eigenvalue weighted by Gasteiger charge is -2.22. The fourth-order valence-electron chi connectivity index (χ4n) is 6.27. The standard InChI is InChI=1S/C37H26ClF3N6O4/c1-18-24-10-20(13-28(41)34(24)46-45-18)36(49)43-22-7-8-30-29(14-22)44-33(47(30)17-48)15-25-26(39)11-19(12-27(25)40)23-4-3-5-31-35(23)51-37(2,50-31)32-9-6-21(38)16-42-32/h3-14,16,48H,15,17H2,1-2H3,(H,43,49)(H,45,46)/t37-/m1/s1. The van der Waals surface area contributed by atoms with Crippen LogP contribution in [0.15, 0.2) is 79.0 Å². The van der Waals surface area contributed by atoms with E-state index >= 15 is 8.78 Å². The first-order valence-corrected chi connectivity index (χ1v) is 16.1. The van der Waals surface area contributed by atoms with Crippen LogP contribution in [0.3, 0.4) is 0 Å². The van der Waals surface area contributed by atoms with E-state index in [4.69, 9.17) is 21.1 Å². The number of halogens is 4. The van der Waals surface area contributed by atoms with Crippen molar-refractivity contribution in [2.24, 2.45) is 0 Å². The maximum Gasteiger partial charge on any atom is 0.292 e. The molecule has 0 fully saturated rings. The van der Waals surface area contributed by atoms with Crippen LogP contribution in [0.25, 0.3) is 33.1 Å². The van der Waals surface area contributed by atoms with Gasteiger partial charge in [0.05, 0.1) is 16.1 Å². The first-order chi connectivity index (χ1) is 24.5. The number of pyridine rings is 1. The minimum Gasteiger partial charge on any atom is -0.443 e. The first-order valence-electron chi connectivity index (χ1n) is 15.7. The molecule has 3 N–H and O–H groups in total. The maximum atomic E-state index is 15.8. The van der Waals surface area contributed by atoms with E-state index in [-0.39, 0.29) is 34.5 Å². The molecule has 1 amide bonds. The van der Waals surface area contributed by atoms with Gasteiger partial charge in [0.25, 0.3) is 11.7 Å². The van der Waals surface area contributed by atoms with E-state index in [0.29, 0.717) is 55.6 Å². The third-order valence-corrected chi connectivity index (χ3v) is 9.08. The Balaban J connectivity index is 1.06. The summed E-state index contributed by atoms with van der Waals surface area (Å²) in [6.45, 7) is 2.89. The van der Waals surface area contributed by atoms with Crippen LogP contribution >= 0.6 is 11.6 Å². The molecule has 8 rings (SSSR count). The fraction of sp³-hybridized carbons (Fsp3) is 0.135. The van der Waals surface area contributed by atoms with Gasteiger partial charge in [0, 0.05) is 53.0 Å². The number of aliphatic hydroxyl groups is 1. The van der Waals surface area contributed by atoms with E-state index in [1.54, 1.807) is 68.4 Å². The second kappa shape index (κ2) is 12.1. The Morgan fingerprint density at radius 2 is 1.82 bits per heavy atom. The number of nitrogens with one attached hydrogen (secondary N) is 2. The largest absolute Gasteiger partial charge is 0.443 e. The molecule has 10 nitrogen and oxygen atoms in total. The Hall–Kier alpha value is -5.92. The lowest BCUT2D eigenvalue weighted by atomic mass is 10.00. The van der Waals surface area contributed by atoms with Gasteiger partial charge in [0.15, 0.2) is 17.3 Å². The van der Waals surface area contributed by atoms with Gasteiger partial charge in [-0.3, -0.25) is 14.9 Å². The Kier molecular flexibility index (Phi) is 7.69. The molecule has 3 aromatic heterocycles. The van der Waals surface area contributed by atoms with E-state index in [9.17, 15) is 14.3 Å². The summed E-state index contributed by atoms with van der Waals surface area (Å²) >= 11 is 5.99. The normalized spacial score (nSPS) is 15.2. The number of carbonyl (C=O) groups excluding carboxylic acids is 1. The number of nitrogens with zero attached hydrogens (tertiary/aromatic N) is 4. The van der Waals surface area contributed by atoms with Crippen molar-refractivity contribution in [2.75, 3.05) is 5.32 Å². The number of aromatic amines is 1. The Bertz CT molecular complexity index is 2510. The summed E-state index contributed by atoms with van der Waals surface area (Å²) in [5.41, 5.74) is 2.85. The highest BCUT2D eigenvalue weighted by Crippen LogP contribution is 2.49. The molecule has 14 heteroatoms. The number of anilines is 1. The molecule has 4 heterocycles. The van der Waals surface area contributed by atoms with Crippen molar-refractivity contribution in [3.63, 3.8) is 0 Å². The first kappa shape index (κ1) is 32.3. The zero-order chi connectivity index (χ0) is 35.6. The third kappa shape index (κ3) is 5.60. The Labute approximate surface area is 292 Å². The predicted molar refractivity (Wildman–Crippen MR) is 183 cm³/mol. The number of imidazole rings is 1. The number of hydrogen-bond donors (Lipinski definition) is 3. The van der Waals surface area contributed by atoms with Crippen molar-refractivity contribution >= 4 is 45.1 Å². The van der Waals surface area contributed by atoms with Crippen LogP contribution in [0.1, 0.15) is 40.1 Å². The van der Waals surface area contributed by atoms with Crippen molar-refractivity contribution < 1.29 is 32.5 Å². The second-order valence-electron chi connectivity index (χ2n) is 12.2. The number of aryl methyl sites for hydroxylation is 1. The number of benzene rings is 4. The Morgan fingerprint density at radius 3 is 2.57 bits per heavy atom. The highest BCUT2D eigenvalue weighted by atomic mass is 35.5. The second-order valence-corrected chi connectivity index (χ2v) is 12.6. The van der Waals surface area contributed by atoms with Crippen LogP contribution < -0.4 is 14.8 Å².